The standard InChI is InChI=1S/C20H4Cl4I4O5.Na/c21-7-1-4(10(22)12(24)11(7)23)20(31)33-17-5-2-8(25)15(29)13(27)18(5)32-19-6(17)3-9(26)16(30)14(19)28;/h1-3,29H;/q;+1/p-1. The van der Waals surface area contributed by atoms with Crippen LogP contribution < -0.4 is 44.8 Å². The number of carbonyl (C=O) groups is 1. The van der Waals surface area contributed by atoms with Gasteiger partial charge in [0.25, 0.3) is 0 Å². The maximum Gasteiger partial charge on any atom is 1.00 e. The van der Waals surface area contributed by atoms with E-state index in [9.17, 15) is 14.7 Å². The van der Waals surface area contributed by atoms with Crippen molar-refractivity contribution in [2.75, 3.05) is 0 Å². The summed E-state index contributed by atoms with van der Waals surface area (Å²) in [6, 6.07) is 4.37. The Kier molecular flexibility index (Phi) is 10.3. The summed E-state index contributed by atoms with van der Waals surface area (Å²) < 4.78 is 13.1. The number of hydrogen-bond donors (Lipinski definition) is 0. The molecule has 34 heavy (non-hydrogen) atoms. The number of esters is 1. The predicted molar refractivity (Wildman–Crippen MR) is 161 cm³/mol. The average molecular weight is 996 g/mol. The van der Waals surface area contributed by atoms with E-state index < -0.39 is 5.97 Å². The number of halogens is 8. The van der Waals surface area contributed by atoms with Crippen LogP contribution in [0.5, 0.6) is 11.5 Å². The first-order chi connectivity index (χ1) is 15.4. The van der Waals surface area contributed by atoms with Crippen LogP contribution in [0.4, 0.5) is 0 Å². The molecule has 0 saturated heterocycles. The Labute approximate surface area is 288 Å². The summed E-state index contributed by atoms with van der Waals surface area (Å²) in [5, 5.41) is 12.7. The Bertz CT molecular complexity index is 1540. The van der Waals surface area contributed by atoms with Crippen LogP contribution in [0.2, 0.25) is 20.1 Å². The maximum absolute atomic E-state index is 13.2. The topological polar surface area (TPSA) is 79.6 Å². The van der Waals surface area contributed by atoms with E-state index in [0.717, 1.165) is 0 Å². The van der Waals surface area contributed by atoms with Crippen molar-refractivity contribution in [1.29, 1.82) is 0 Å². The molecule has 1 heterocycles. The van der Waals surface area contributed by atoms with Gasteiger partial charge in [0.2, 0.25) is 5.43 Å². The summed E-state index contributed by atoms with van der Waals surface area (Å²) in [6.07, 6.45) is 0. The molecule has 0 aromatic heterocycles. The van der Waals surface area contributed by atoms with E-state index in [0.29, 0.717) is 18.1 Å². The smallest absolute Gasteiger partial charge is 0.871 e. The number of benzene rings is 3. The van der Waals surface area contributed by atoms with E-state index in [1.165, 1.54) is 6.07 Å². The summed E-state index contributed by atoms with van der Waals surface area (Å²) in [7, 11) is 0. The van der Waals surface area contributed by atoms with E-state index in [-0.39, 0.29) is 90.6 Å². The molecule has 0 amide bonds. The first kappa shape index (κ1) is 30.0. The van der Waals surface area contributed by atoms with Crippen LogP contribution >= 0.6 is 137 Å². The van der Waals surface area contributed by atoms with Crippen molar-refractivity contribution in [3.05, 3.63) is 68.4 Å². The van der Waals surface area contributed by atoms with Crippen molar-refractivity contribution in [2.45, 2.75) is 0 Å². The van der Waals surface area contributed by atoms with Gasteiger partial charge in [0.1, 0.15) is 3.57 Å². The summed E-state index contributed by atoms with van der Waals surface area (Å²) in [5.74, 6) is -0.817. The molecule has 0 fully saturated rings. The molecule has 0 bridgehead atoms. The molecule has 1 aliphatic carbocycles. The second kappa shape index (κ2) is 11.7. The van der Waals surface area contributed by atoms with Crippen molar-refractivity contribution in [1.82, 2.24) is 0 Å². The van der Waals surface area contributed by atoms with Crippen LogP contribution in [-0.2, 0) is 0 Å². The minimum atomic E-state index is -0.860. The van der Waals surface area contributed by atoms with Crippen LogP contribution in [0.15, 0.2) is 27.4 Å². The average Bonchev–Trinajstić information content (AvgIpc) is 2.78. The van der Waals surface area contributed by atoms with Gasteiger partial charge in [-0.1, -0.05) is 52.2 Å². The number of carbonyl (C=O) groups excluding carboxylic acids is 1. The van der Waals surface area contributed by atoms with Crippen molar-refractivity contribution in [2.24, 2.45) is 0 Å². The monoisotopic (exact) mass is 993 g/mol. The molecule has 170 valence electrons. The van der Waals surface area contributed by atoms with E-state index in [1.807, 2.05) is 90.4 Å². The summed E-state index contributed by atoms with van der Waals surface area (Å²) in [5.41, 5.74) is 0.212. The fourth-order valence-corrected chi connectivity index (χ4v) is 7.39. The van der Waals surface area contributed by atoms with Gasteiger partial charge in [-0.05, 0) is 109 Å². The Balaban J connectivity index is 0.00000324. The van der Waals surface area contributed by atoms with Gasteiger partial charge < -0.3 is 14.3 Å². The largest absolute Gasteiger partial charge is 1.00 e. The van der Waals surface area contributed by atoms with Crippen molar-refractivity contribution in [3.8, 4) is 22.8 Å². The van der Waals surface area contributed by atoms with Gasteiger partial charge >= 0.3 is 35.5 Å². The molecule has 2 aromatic carbocycles. The Morgan fingerprint density at radius 3 is 2.21 bits per heavy atom. The van der Waals surface area contributed by atoms with Gasteiger partial charge in [0.15, 0.2) is 17.1 Å². The third kappa shape index (κ3) is 5.32. The Morgan fingerprint density at radius 2 is 1.56 bits per heavy atom. The SMILES string of the molecule is O=C(Oc1c2cc(I)c(=O)c(I)c-2oc2c(I)c([O-])c(I)cc12)c1cc(Cl)c(Cl)c(Cl)c1Cl.[Na+]. The number of hydrogen-bond acceptors (Lipinski definition) is 5. The van der Waals surface area contributed by atoms with E-state index in [2.05, 4.69) is 0 Å². The van der Waals surface area contributed by atoms with E-state index in [1.54, 1.807) is 12.1 Å². The molecule has 2 aliphatic rings. The predicted octanol–water partition coefficient (Wildman–Crippen LogP) is 5.23. The molecular weight excluding hydrogens is 993 g/mol. The van der Waals surface area contributed by atoms with Gasteiger partial charge in [0, 0.05) is 7.14 Å². The molecule has 0 saturated carbocycles. The van der Waals surface area contributed by atoms with Gasteiger partial charge in [-0.3, -0.25) is 4.79 Å². The summed E-state index contributed by atoms with van der Waals surface area (Å²) in [4.78, 5) is 25.7. The zero-order valence-corrected chi connectivity index (χ0v) is 30.0. The number of rotatable bonds is 2. The number of ether oxygens (including phenoxy) is 1. The van der Waals surface area contributed by atoms with Gasteiger partial charge in [-0.2, -0.15) is 0 Å². The van der Waals surface area contributed by atoms with Crippen LogP contribution in [-0.4, -0.2) is 5.97 Å². The summed E-state index contributed by atoms with van der Waals surface area (Å²) in [6.45, 7) is 0. The van der Waals surface area contributed by atoms with Gasteiger partial charge in [-0.25, -0.2) is 4.79 Å². The van der Waals surface area contributed by atoms with Crippen LogP contribution in [0.1, 0.15) is 10.4 Å². The zero-order chi connectivity index (χ0) is 24.4. The third-order valence-electron chi connectivity index (χ3n) is 4.47. The molecule has 0 atom stereocenters. The molecule has 0 radical (unpaired) electrons. The molecule has 14 heteroatoms. The van der Waals surface area contributed by atoms with Gasteiger partial charge in [0.05, 0.1) is 40.2 Å². The Morgan fingerprint density at radius 1 is 0.912 bits per heavy atom. The van der Waals surface area contributed by atoms with E-state index >= 15 is 0 Å². The van der Waals surface area contributed by atoms with E-state index in [4.69, 9.17) is 55.6 Å². The minimum Gasteiger partial charge on any atom is -0.871 e. The van der Waals surface area contributed by atoms with Crippen LogP contribution in [0, 0.1) is 14.3 Å². The quantitative estimate of drug-likeness (QED) is 0.0688. The molecular formula is C20H3Cl4I4NaO5. The molecule has 1 aliphatic heterocycles. The van der Waals surface area contributed by atoms with Crippen LogP contribution in [0.25, 0.3) is 22.3 Å². The Hall–Kier alpha value is 1.48. The van der Waals surface area contributed by atoms with Gasteiger partial charge in [-0.15, -0.1) is 0 Å². The van der Waals surface area contributed by atoms with Crippen molar-refractivity contribution < 1.29 is 48.6 Å². The first-order valence-electron chi connectivity index (χ1n) is 8.42. The second-order valence-corrected chi connectivity index (χ2v) is 12.4. The fourth-order valence-electron chi connectivity index (χ4n) is 2.93. The molecule has 2 aromatic rings. The summed E-state index contributed by atoms with van der Waals surface area (Å²) >= 11 is 31.9. The molecule has 5 nitrogen and oxygen atoms in total. The number of fused-ring (bicyclic) bond motifs is 2. The van der Waals surface area contributed by atoms with Crippen molar-refractivity contribution >= 4 is 154 Å². The third-order valence-corrected chi connectivity index (χ3v) is 9.79. The zero-order valence-electron chi connectivity index (χ0n) is 16.3. The molecule has 0 N–H and O–H groups in total. The fraction of sp³-hybridized carbons (Fsp3) is 0. The van der Waals surface area contributed by atoms with Crippen LogP contribution in [0.3, 0.4) is 0 Å². The van der Waals surface area contributed by atoms with Crippen molar-refractivity contribution in [3.63, 3.8) is 0 Å². The molecule has 0 spiro atoms. The maximum atomic E-state index is 13.2. The molecule has 0 unspecified atom stereocenters. The first-order valence-corrected chi connectivity index (χ1v) is 14.2. The minimum absolute atomic E-state index is 0. The molecule has 4 rings (SSSR count). The second-order valence-electron chi connectivity index (χ2n) is 6.42. The normalized spacial score (nSPS) is 11.1.